The van der Waals surface area contributed by atoms with Gasteiger partial charge in [-0.25, -0.2) is 19.3 Å². The van der Waals surface area contributed by atoms with E-state index in [2.05, 4.69) is 15.0 Å². The minimum Gasteiger partial charge on any atom is -0.489 e. The van der Waals surface area contributed by atoms with E-state index in [0.717, 1.165) is 5.56 Å². The summed E-state index contributed by atoms with van der Waals surface area (Å²) < 4.78 is 7.16. The lowest BCUT2D eigenvalue weighted by Crippen LogP contribution is -2.15. The molecule has 2 aromatic heterocycles. The minimum absolute atomic E-state index is 0.0812. The smallest absolute Gasteiger partial charge is 0.332 e. The Kier molecular flexibility index (Phi) is 5.57. The highest BCUT2D eigenvalue weighted by molar-refractivity contribution is 6.30. The second kappa shape index (κ2) is 8.84. The summed E-state index contributed by atoms with van der Waals surface area (Å²) in [5.74, 6) is 0.128. The number of imidazole rings is 1. The summed E-state index contributed by atoms with van der Waals surface area (Å²) in [6.07, 6.45) is 0. The number of aromatic amines is 1. The number of carbonyl (C=O) groups excluding carboxylic acids is 1. The molecular weight excluding hydrogens is 454 g/mol. The van der Waals surface area contributed by atoms with Crippen molar-refractivity contribution in [2.24, 2.45) is 5.73 Å². The van der Waals surface area contributed by atoms with Crippen LogP contribution in [0.2, 0.25) is 5.02 Å². The average molecular weight is 472 g/mol. The number of fused-ring (bicyclic) bond motifs is 1. The molecule has 0 aliphatic carbocycles. The van der Waals surface area contributed by atoms with Crippen molar-refractivity contribution in [2.45, 2.75) is 6.61 Å². The molecular formula is C25H18ClN5O3. The van der Waals surface area contributed by atoms with Crippen LogP contribution in [0.1, 0.15) is 16.1 Å². The van der Waals surface area contributed by atoms with Crippen LogP contribution in [0.3, 0.4) is 0 Å². The Bertz CT molecular complexity index is 1560. The molecule has 0 fully saturated rings. The number of ether oxygens (including phenoxy) is 1. The predicted octanol–water partition coefficient (Wildman–Crippen LogP) is 4.11. The number of aromatic nitrogens is 4. The van der Waals surface area contributed by atoms with E-state index in [1.807, 2.05) is 30.3 Å². The molecule has 5 rings (SSSR count). The van der Waals surface area contributed by atoms with Crippen molar-refractivity contribution >= 4 is 28.7 Å². The highest BCUT2D eigenvalue weighted by Crippen LogP contribution is 2.25. The molecule has 3 aromatic carbocycles. The number of hydrogen-bond acceptors (Lipinski definition) is 5. The Morgan fingerprint density at radius 3 is 2.47 bits per heavy atom. The lowest BCUT2D eigenvalue weighted by atomic mass is 10.2. The fourth-order valence-corrected chi connectivity index (χ4v) is 3.77. The van der Waals surface area contributed by atoms with Crippen molar-refractivity contribution in [3.05, 3.63) is 106 Å². The summed E-state index contributed by atoms with van der Waals surface area (Å²) in [6, 6.07) is 23.7. The maximum Gasteiger partial charge on any atom is 0.332 e. The van der Waals surface area contributed by atoms with Crippen molar-refractivity contribution in [1.82, 2.24) is 19.5 Å². The predicted molar refractivity (Wildman–Crippen MR) is 129 cm³/mol. The summed E-state index contributed by atoms with van der Waals surface area (Å²) >= 11 is 6.11. The van der Waals surface area contributed by atoms with Gasteiger partial charge in [-0.3, -0.25) is 4.79 Å². The maximum absolute atomic E-state index is 12.7. The van der Waals surface area contributed by atoms with Crippen molar-refractivity contribution in [2.75, 3.05) is 0 Å². The van der Waals surface area contributed by atoms with Crippen molar-refractivity contribution < 1.29 is 9.53 Å². The zero-order valence-corrected chi connectivity index (χ0v) is 18.5. The van der Waals surface area contributed by atoms with Gasteiger partial charge < -0.3 is 15.5 Å². The van der Waals surface area contributed by atoms with E-state index in [1.54, 1.807) is 48.5 Å². The van der Waals surface area contributed by atoms with E-state index >= 15 is 0 Å². The normalized spacial score (nSPS) is 11.0. The number of primary amides is 1. The lowest BCUT2D eigenvalue weighted by Gasteiger charge is -2.09. The molecule has 0 saturated heterocycles. The number of rotatable bonds is 6. The van der Waals surface area contributed by atoms with Gasteiger partial charge in [0.25, 0.3) is 5.91 Å². The monoisotopic (exact) mass is 471 g/mol. The summed E-state index contributed by atoms with van der Waals surface area (Å²) in [6.45, 7) is 0.434. The molecule has 0 atom stereocenters. The lowest BCUT2D eigenvalue weighted by molar-refractivity contribution is 0.0997. The topological polar surface area (TPSA) is 116 Å². The maximum atomic E-state index is 12.7. The minimum atomic E-state index is -0.782. The Labute approximate surface area is 198 Å². The molecule has 0 unspecified atom stereocenters. The zero-order chi connectivity index (χ0) is 23.7. The average Bonchev–Trinajstić information content (AvgIpc) is 3.18. The van der Waals surface area contributed by atoms with Gasteiger partial charge in [-0.2, -0.15) is 0 Å². The van der Waals surface area contributed by atoms with E-state index < -0.39 is 11.6 Å². The van der Waals surface area contributed by atoms with E-state index in [4.69, 9.17) is 22.1 Å². The molecule has 1 amide bonds. The van der Waals surface area contributed by atoms with Crippen molar-refractivity contribution in [3.63, 3.8) is 0 Å². The van der Waals surface area contributed by atoms with Gasteiger partial charge in [0.2, 0.25) is 0 Å². The van der Waals surface area contributed by atoms with E-state index in [9.17, 15) is 9.59 Å². The van der Waals surface area contributed by atoms with Gasteiger partial charge in [-0.15, -0.1) is 0 Å². The zero-order valence-electron chi connectivity index (χ0n) is 17.7. The van der Waals surface area contributed by atoms with E-state index in [1.165, 1.54) is 4.57 Å². The van der Waals surface area contributed by atoms with Gasteiger partial charge in [0.05, 0.1) is 5.69 Å². The molecule has 8 nitrogen and oxygen atoms in total. The van der Waals surface area contributed by atoms with Crippen LogP contribution in [0.15, 0.2) is 83.7 Å². The van der Waals surface area contributed by atoms with Crippen LogP contribution in [-0.2, 0) is 6.61 Å². The first kappa shape index (κ1) is 21.4. The third kappa shape index (κ3) is 4.14. The number of nitrogens with zero attached hydrogens (tertiary/aromatic N) is 3. The second-order valence-electron chi connectivity index (χ2n) is 7.50. The third-order valence-electron chi connectivity index (χ3n) is 5.20. The number of H-pyrrole nitrogens is 1. The van der Waals surface area contributed by atoms with Crippen LogP contribution < -0.4 is 16.2 Å². The molecule has 0 saturated carbocycles. The number of nitrogens with one attached hydrogen (secondary N) is 1. The van der Waals surface area contributed by atoms with E-state index in [0.29, 0.717) is 28.6 Å². The first-order valence-electron chi connectivity index (χ1n) is 10.4. The molecule has 168 valence electrons. The van der Waals surface area contributed by atoms with Gasteiger partial charge in [-0.05, 0) is 48.0 Å². The highest BCUT2D eigenvalue weighted by Gasteiger charge is 2.20. The molecule has 2 heterocycles. The van der Waals surface area contributed by atoms with Gasteiger partial charge in [-0.1, -0.05) is 48.0 Å². The van der Waals surface area contributed by atoms with Gasteiger partial charge in [0.1, 0.15) is 17.9 Å². The number of hydrogen-bond donors (Lipinski definition) is 2. The van der Waals surface area contributed by atoms with Crippen LogP contribution >= 0.6 is 11.6 Å². The summed E-state index contributed by atoms with van der Waals surface area (Å²) in [7, 11) is 0. The van der Waals surface area contributed by atoms with Crippen LogP contribution in [0.4, 0.5) is 0 Å². The van der Waals surface area contributed by atoms with E-state index in [-0.39, 0.29) is 22.7 Å². The summed E-state index contributed by atoms with van der Waals surface area (Å²) in [4.78, 5) is 36.4. The molecule has 9 heteroatoms. The quantitative estimate of drug-likeness (QED) is 0.386. The molecule has 0 bridgehead atoms. The number of carbonyl (C=O) groups is 1. The van der Waals surface area contributed by atoms with Gasteiger partial charge >= 0.3 is 5.69 Å². The van der Waals surface area contributed by atoms with Gasteiger partial charge in [0.15, 0.2) is 17.2 Å². The first-order valence-corrected chi connectivity index (χ1v) is 10.7. The molecule has 3 N–H and O–H groups in total. The third-order valence-corrected chi connectivity index (χ3v) is 5.43. The van der Waals surface area contributed by atoms with Crippen molar-refractivity contribution in [1.29, 1.82) is 0 Å². The molecule has 0 spiro atoms. The number of nitrogens with two attached hydrogens (primary N) is 1. The largest absolute Gasteiger partial charge is 0.489 e. The Hall–Kier alpha value is -4.43. The van der Waals surface area contributed by atoms with Crippen LogP contribution in [0.5, 0.6) is 5.75 Å². The van der Waals surface area contributed by atoms with Crippen LogP contribution in [0, 0.1) is 0 Å². The molecule has 0 aliphatic rings. The number of halogens is 1. The summed E-state index contributed by atoms with van der Waals surface area (Å²) in [5, 5.41) is 0.453. The SMILES string of the molecule is NC(=O)c1nc(-c2ccc(OCc3ccccc3)cc2)nc2c1[nH]c(=O)n2-c1cccc(Cl)c1. The number of benzene rings is 3. The Balaban J connectivity index is 1.55. The first-order chi connectivity index (χ1) is 16.5. The Morgan fingerprint density at radius 2 is 1.76 bits per heavy atom. The fourth-order valence-electron chi connectivity index (χ4n) is 3.59. The molecule has 34 heavy (non-hydrogen) atoms. The summed E-state index contributed by atoms with van der Waals surface area (Å²) in [5.41, 5.74) is 7.54. The fraction of sp³-hybridized carbons (Fsp3) is 0.0400. The molecule has 5 aromatic rings. The second-order valence-corrected chi connectivity index (χ2v) is 7.94. The standard InChI is InChI=1S/C25H18ClN5O3/c26-17-7-4-8-18(13-17)31-24-21(29-25(31)33)20(22(27)32)28-23(30-24)16-9-11-19(12-10-16)34-14-15-5-2-1-3-6-15/h1-13H,14H2,(H2,27,32)(H,29,33). The van der Waals surface area contributed by atoms with Crippen LogP contribution in [-0.4, -0.2) is 25.4 Å². The highest BCUT2D eigenvalue weighted by atomic mass is 35.5. The van der Waals surface area contributed by atoms with Crippen LogP contribution in [0.25, 0.3) is 28.2 Å². The van der Waals surface area contributed by atoms with Crippen molar-refractivity contribution in [3.8, 4) is 22.8 Å². The molecule has 0 radical (unpaired) electrons. The number of amides is 1. The van der Waals surface area contributed by atoms with Gasteiger partial charge in [0, 0.05) is 10.6 Å². The Morgan fingerprint density at radius 1 is 1.00 bits per heavy atom. The molecule has 0 aliphatic heterocycles.